The molecule has 0 aliphatic carbocycles. The van der Waals surface area contributed by atoms with Crippen LogP contribution in [-0.2, 0) is 20.9 Å². The van der Waals surface area contributed by atoms with Crippen molar-refractivity contribution in [3.05, 3.63) is 22.4 Å². The number of rotatable bonds is 7. The molecule has 1 aromatic heterocycles. The number of aromatic nitrogens is 2. The highest BCUT2D eigenvalue weighted by Crippen LogP contribution is 2.07. The first kappa shape index (κ1) is 16.6. The summed E-state index contributed by atoms with van der Waals surface area (Å²) in [6, 6.07) is 1.01. The summed E-state index contributed by atoms with van der Waals surface area (Å²) in [6.45, 7) is 5.12. The van der Waals surface area contributed by atoms with Crippen LogP contribution in [0.15, 0.2) is 12.3 Å². The molecule has 9 heteroatoms. The predicted molar refractivity (Wildman–Crippen MR) is 72.4 cm³/mol. The highest BCUT2D eigenvalue weighted by Gasteiger charge is 2.23. The summed E-state index contributed by atoms with van der Waals surface area (Å²) in [7, 11) is 0. The largest absolute Gasteiger partial charge is 0.465 e. The molecule has 0 spiro atoms. The van der Waals surface area contributed by atoms with Gasteiger partial charge in [0.25, 0.3) is 0 Å². The molecule has 1 rings (SSSR count). The zero-order valence-corrected chi connectivity index (χ0v) is 12.2. The monoisotopic (exact) mass is 298 g/mol. The number of hydrogen-bond donors (Lipinski definition) is 0. The Bertz CT molecular complexity index is 525. The number of esters is 1. The molecule has 0 aliphatic rings. The number of ether oxygens (including phenoxy) is 1. The quantitative estimate of drug-likeness (QED) is 0.414. The summed E-state index contributed by atoms with van der Waals surface area (Å²) in [4.78, 5) is 34.9. The van der Waals surface area contributed by atoms with Crippen LogP contribution in [0.2, 0.25) is 0 Å². The minimum Gasteiger partial charge on any atom is -0.465 e. The lowest BCUT2D eigenvalue weighted by atomic mass is 10.3. The Labute approximate surface area is 121 Å². The van der Waals surface area contributed by atoms with E-state index in [9.17, 15) is 19.7 Å². The van der Waals surface area contributed by atoms with Gasteiger partial charge in [0.15, 0.2) is 0 Å². The van der Waals surface area contributed by atoms with Crippen molar-refractivity contribution in [3.8, 4) is 0 Å². The van der Waals surface area contributed by atoms with Crippen LogP contribution >= 0.6 is 0 Å². The zero-order chi connectivity index (χ0) is 16.0. The molecular formula is C12H18N4O5. The molecule has 116 valence electrons. The molecule has 9 nitrogen and oxygen atoms in total. The van der Waals surface area contributed by atoms with Crippen molar-refractivity contribution in [3.63, 3.8) is 0 Å². The van der Waals surface area contributed by atoms with E-state index in [-0.39, 0.29) is 37.5 Å². The lowest BCUT2D eigenvalue weighted by molar-refractivity contribution is -0.389. The standard InChI is InChI=1S/C12H18N4O5/c1-4-21-12(18)8-15(9(2)3)11(17)7-14-6-5-10(13-14)16(19)20/h5-6,9H,4,7-8H2,1-3H3. The van der Waals surface area contributed by atoms with Crippen molar-refractivity contribution >= 4 is 17.7 Å². The zero-order valence-electron chi connectivity index (χ0n) is 12.2. The highest BCUT2D eigenvalue weighted by molar-refractivity contribution is 5.82. The third kappa shape index (κ3) is 4.86. The van der Waals surface area contributed by atoms with Crippen molar-refractivity contribution in [1.29, 1.82) is 0 Å². The van der Waals surface area contributed by atoms with Crippen molar-refractivity contribution in [1.82, 2.24) is 14.7 Å². The minimum atomic E-state index is -0.639. The molecule has 21 heavy (non-hydrogen) atoms. The van der Waals surface area contributed by atoms with Crippen LogP contribution in [0.3, 0.4) is 0 Å². The molecule has 0 fully saturated rings. The Kier molecular flexibility index (Phi) is 5.82. The normalized spacial score (nSPS) is 10.5. The van der Waals surface area contributed by atoms with Crippen LogP contribution in [-0.4, -0.2) is 50.7 Å². The van der Waals surface area contributed by atoms with Gasteiger partial charge < -0.3 is 19.8 Å². The Morgan fingerprint density at radius 3 is 2.67 bits per heavy atom. The Hall–Kier alpha value is -2.45. The van der Waals surface area contributed by atoms with Crippen LogP contribution in [0.25, 0.3) is 0 Å². The fourth-order valence-electron chi connectivity index (χ4n) is 1.67. The van der Waals surface area contributed by atoms with Gasteiger partial charge in [-0.3, -0.25) is 9.59 Å². The second kappa shape index (κ2) is 7.36. The van der Waals surface area contributed by atoms with E-state index >= 15 is 0 Å². The van der Waals surface area contributed by atoms with E-state index in [2.05, 4.69) is 5.10 Å². The smallest absolute Gasteiger partial charge is 0.389 e. The number of nitro groups is 1. The van der Waals surface area contributed by atoms with Crippen molar-refractivity contribution in [2.75, 3.05) is 13.2 Å². The molecule has 0 aliphatic heterocycles. The number of hydrogen-bond acceptors (Lipinski definition) is 6. The third-order valence-corrected chi connectivity index (χ3v) is 2.66. The third-order valence-electron chi connectivity index (χ3n) is 2.66. The molecule has 0 radical (unpaired) electrons. The molecule has 1 aromatic rings. The first-order valence-electron chi connectivity index (χ1n) is 6.48. The fourth-order valence-corrected chi connectivity index (χ4v) is 1.67. The maximum atomic E-state index is 12.2. The van der Waals surface area contributed by atoms with Crippen molar-refractivity contribution < 1.29 is 19.2 Å². The van der Waals surface area contributed by atoms with Gasteiger partial charge in [-0.05, 0) is 25.7 Å². The van der Waals surface area contributed by atoms with E-state index in [1.165, 1.54) is 21.8 Å². The highest BCUT2D eigenvalue weighted by atomic mass is 16.6. The Morgan fingerprint density at radius 1 is 1.52 bits per heavy atom. The Morgan fingerprint density at radius 2 is 2.19 bits per heavy atom. The molecule has 1 amide bonds. The van der Waals surface area contributed by atoms with Gasteiger partial charge in [-0.1, -0.05) is 0 Å². The van der Waals surface area contributed by atoms with Crippen LogP contribution < -0.4 is 0 Å². The van der Waals surface area contributed by atoms with E-state index in [0.717, 1.165) is 0 Å². The molecule has 0 aromatic carbocycles. The molecule has 0 saturated heterocycles. The van der Waals surface area contributed by atoms with Crippen molar-refractivity contribution in [2.45, 2.75) is 33.4 Å². The number of carbonyl (C=O) groups is 2. The van der Waals surface area contributed by atoms with Gasteiger partial charge in [0.1, 0.15) is 13.1 Å². The maximum Gasteiger partial charge on any atom is 0.389 e. The van der Waals surface area contributed by atoms with Crippen LogP contribution in [0.5, 0.6) is 0 Å². The molecule has 0 saturated carbocycles. The molecule has 0 bridgehead atoms. The lowest BCUT2D eigenvalue weighted by Crippen LogP contribution is -2.43. The Balaban J connectivity index is 2.72. The van der Waals surface area contributed by atoms with Gasteiger partial charge in [0.2, 0.25) is 5.91 Å². The summed E-state index contributed by atoms with van der Waals surface area (Å²) < 4.78 is 5.98. The average molecular weight is 298 g/mol. The van der Waals surface area contributed by atoms with Gasteiger partial charge in [-0.2, -0.15) is 4.68 Å². The first-order chi connectivity index (χ1) is 9.85. The molecule has 1 heterocycles. The van der Waals surface area contributed by atoms with Crippen LogP contribution in [0, 0.1) is 10.1 Å². The fraction of sp³-hybridized carbons (Fsp3) is 0.583. The first-order valence-corrected chi connectivity index (χ1v) is 6.48. The van der Waals surface area contributed by atoms with Gasteiger partial charge in [0, 0.05) is 6.04 Å². The summed E-state index contributed by atoms with van der Waals surface area (Å²) in [5.41, 5.74) is 0. The predicted octanol–water partition coefficient (Wildman–Crippen LogP) is 0.591. The summed E-state index contributed by atoms with van der Waals surface area (Å²) in [5.74, 6) is -1.19. The average Bonchev–Trinajstić information content (AvgIpc) is 2.84. The number of amides is 1. The van der Waals surface area contributed by atoms with Gasteiger partial charge in [-0.15, -0.1) is 0 Å². The molecule has 0 atom stereocenters. The van der Waals surface area contributed by atoms with Crippen LogP contribution in [0.4, 0.5) is 5.82 Å². The number of carbonyl (C=O) groups excluding carboxylic acids is 2. The van der Waals surface area contributed by atoms with E-state index in [1.807, 2.05) is 0 Å². The van der Waals surface area contributed by atoms with E-state index < -0.39 is 10.9 Å². The molecule has 0 N–H and O–H groups in total. The van der Waals surface area contributed by atoms with Gasteiger partial charge in [0.05, 0.1) is 24.0 Å². The van der Waals surface area contributed by atoms with Crippen molar-refractivity contribution in [2.24, 2.45) is 0 Å². The van der Waals surface area contributed by atoms with E-state index in [1.54, 1.807) is 20.8 Å². The van der Waals surface area contributed by atoms with Gasteiger partial charge >= 0.3 is 11.8 Å². The topological polar surface area (TPSA) is 108 Å². The second-order valence-electron chi connectivity index (χ2n) is 4.55. The summed E-state index contributed by atoms with van der Waals surface area (Å²) in [5, 5.41) is 14.2. The number of nitrogens with zero attached hydrogens (tertiary/aromatic N) is 4. The van der Waals surface area contributed by atoms with E-state index in [0.29, 0.717) is 0 Å². The summed E-state index contributed by atoms with van der Waals surface area (Å²) in [6.07, 6.45) is 1.35. The lowest BCUT2D eigenvalue weighted by Gasteiger charge is -2.25. The summed E-state index contributed by atoms with van der Waals surface area (Å²) >= 11 is 0. The SMILES string of the molecule is CCOC(=O)CN(C(=O)Cn1ccc([N+](=O)[O-])n1)C(C)C. The molecular weight excluding hydrogens is 280 g/mol. The minimum absolute atomic E-state index is 0.159. The van der Waals surface area contributed by atoms with E-state index in [4.69, 9.17) is 4.74 Å². The van der Waals surface area contributed by atoms with Crippen LogP contribution in [0.1, 0.15) is 20.8 Å². The second-order valence-corrected chi connectivity index (χ2v) is 4.55. The van der Waals surface area contributed by atoms with Gasteiger partial charge in [-0.25, -0.2) is 0 Å². The maximum absolute atomic E-state index is 12.2. The molecule has 0 unspecified atom stereocenters.